The Morgan fingerprint density at radius 1 is 1.58 bits per heavy atom. The van der Waals surface area contributed by atoms with Gasteiger partial charge in [-0.05, 0) is 6.92 Å². The third-order valence-corrected chi connectivity index (χ3v) is 0.950. The molecule has 0 spiro atoms. The number of carboxylic acid groups (broad SMARTS) is 1. The Morgan fingerprint density at radius 2 is 2.17 bits per heavy atom. The van der Waals surface area contributed by atoms with Gasteiger partial charge in [0.1, 0.15) is 0 Å². The molecule has 0 atom stereocenters. The molecule has 0 aromatic carbocycles. The number of nitrogens with zero attached hydrogens (tertiary/aromatic N) is 2. The molecule has 66 valence electrons. The van der Waals surface area contributed by atoms with Gasteiger partial charge in [-0.1, -0.05) is 0 Å². The van der Waals surface area contributed by atoms with E-state index in [0.29, 0.717) is 0 Å². The van der Waals surface area contributed by atoms with E-state index in [1.807, 2.05) is 0 Å². The summed E-state index contributed by atoms with van der Waals surface area (Å²) in [6.07, 6.45) is -0.644. The Balaban J connectivity index is 4.27. The summed E-state index contributed by atoms with van der Waals surface area (Å²) >= 11 is 0. The lowest BCUT2D eigenvalue weighted by atomic mass is 10.3. The highest BCUT2D eigenvalue weighted by Gasteiger charge is 2.24. The van der Waals surface area contributed by atoms with Crippen LogP contribution in [0.5, 0.6) is 0 Å². The van der Waals surface area contributed by atoms with Crippen molar-refractivity contribution in [3.63, 3.8) is 0 Å². The van der Waals surface area contributed by atoms with Crippen LogP contribution in [-0.2, 0) is 14.3 Å². The molecule has 0 aromatic rings. The molecule has 0 heterocycles. The van der Waals surface area contributed by atoms with Crippen molar-refractivity contribution in [2.75, 3.05) is 6.61 Å². The molecule has 12 heavy (non-hydrogen) atoms. The quantitative estimate of drug-likeness (QED) is 0.272. The average molecular weight is 172 g/mol. The smallest absolute Gasteiger partial charge is 0.417 e. The molecule has 0 aromatic heterocycles. The molecule has 0 aliphatic heterocycles. The molecule has 0 saturated carbocycles. The van der Waals surface area contributed by atoms with Crippen LogP contribution in [0.2, 0.25) is 0 Å². The standard InChI is InChI=1S/C6H8N2O4/c1-2-12-6(11)4(8-7)3-5(9)10/h2-3H2,1H3,(H,9,10). The van der Waals surface area contributed by atoms with Gasteiger partial charge in [0.25, 0.3) is 0 Å². The highest BCUT2D eigenvalue weighted by Crippen LogP contribution is 1.87. The lowest BCUT2D eigenvalue weighted by Crippen LogP contribution is -2.21. The molecule has 0 bridgehead atoms. The second-order valence-electron chi connectivity index (χ2n) is 1.84. The Bertz CT molecular complexity index is 242. The topological polar surface area (TPSA) is 100 Å². The SMILES string of the molecule is CCOC(=O)C(CC(=O)O)=[N+]=[N-]. The predicted octanol–water partition coefficient (Wildman–Crippen LogP) is -0.305. The normalized spacial score (nSPS) is 8.42. The summed E-state index contributed by atoms with van der Waals surface area (Å²) in [7, 11) is 0. The van der Waals surface area contributed by atoms with E-state index in [1.165, 1.54) is 0 Å². The first-order chi connectivity index (χ1) is 5.61. The van der Waals surface area contributed by atoms with Crippen molar-refractivity contribution in [3.05, 3.63) is 5.53 Å². The van der Waals surface area contributed by atoms with Gasteiger partial charge in [0, 0.05) is 0 Å². The number of hydrogen-bond donors (Lipinski definition) is 1. The molecule has 0 amide bonds. The van der Waals surface area contributed by atoms with Crippen molar-refractivity contribution in [3.8, 4) is 0 Å². The van der Waals surface area contributed by atoms with E-state index >= 15 is 0 Å². The Labute approximate surface area is 68.4 Å². The number of esters is 1. The maximum absolute atomic E-state index is 10.7. The van der Waals surface area contributed by atoms with E-state index in [4.69, 9.17) is 10.6 Å². The van der Waals surface area contributed by atoms with Crippen molar-refractivity contribution in [1.82, 2.24) is 0 Å². The molecule has 0 aliphatic carbocycles. The lowest BCUT2D eigenvalue weighted by Gasteiger charge is -1.93. The summed E-state index contributed by atoms with van der Waals surface area (Å²) < 4.78 is 4.40. The van der Waals surface area contributed by atoms with Gasteiger partial charge in [0.15, 0.2) is 6.42 Å². The number of carbonyl (C=O) groups excluding carboxylic acids is 1. The largest absolute Gasteiger partial charge is 0.481 e. The highest BCUT2D eigenvalue weighted by atomic mass is 16.5. The minimum atomic E-state index is -1.25. The minimum Gasteiger partial charge on any atom is -0.481 e. The predicted molar refractivity (Wildman–Crippen MR) is 37.5 cm³/mol. The summed E-state index contributed by atoms with van der Waals surface area (Å²) in [5, 5.41) is 8.23. The first-order valence-corrected chi connectivity index (χ1v) is 3.21. The second-order valence-corrected chi connectivity index (χ2v) is 1.84. The number of rotatable bonds is 4. The third-order valence-electron chi connectivity index (χ3n) is 0.950. The molecule has 0 radical (unpaired) electrons. The molecule has 0 saturated heterocycles. The molecule has 0 unspecified atom stereocenters. The summed E-state index contributed by atoms with van der Waals surface area (Å²) in [5.41, 5.74) is 7.69. The molecule has 0 rings (SSSR count). The monoisotopic (exact) mass is 172 g/mol. The van der Waals surface area contributed by atoms with Crippen molar-refractivity contribution in [2.24, 2.45) is 0 Å². The van der Waals surface area contributed by atoms with Crippen LogP contribution in [0.25, 0.3) is 5.53 Å². The van der Waals surface area contributed by atoms with Crippen LogP contribution < -0.4 is 0 Å². The van der Waals surface area contributed by atoms with Crippen LogP contribution in [0.1, 0.15) is 13.3 Å². The van der Waals surface area contributed by atoms with Gasteiger partial charge < -0.3 is 15.4 Å². The van der Waals surface area contributed by atoms with Crippen LogP contribution in [-0.4, -0.2) is 34.2 Å². The Kier molecular flexibility index (Phi) is 4.33. The Morgan fingerprint density at radius 3 is 2.50 bits per heavy atom. The first-order valence-electron chi connectivity index (χ1n) is 3.21. The maximum atomic E-state index is 10.7. The van der Waals surface area contributed by atoms with Gasteiger partial charge in [0.2, 0.25) is 0 Å². The molecule has 6 nitrogen and oxygen atoms in total. The van der Waals surface area contributed by atoms with Gasteiger partial charge in [-0.25, -0.2) is 4.79 Å². The summed E-state index contributed by atoms with van der Waals surface area (Å²) in [6.45, 7) is 1.67. The third kappa shape index (κ3) is 3.48. The molecule has 0 fully saturated rings. The van der Waals surface area contributed by atoms with Gasteiger partial charge in [-0.2, -0.15) is 4.79 Å². The minimum absolute atomic E-state index is 0.109. The van der Waals surface area contributed by atoms with Gasteiger partial charge in [-0.15, -0.1) is 0 Å². The number of hydrogen-bond acceptors (Lipinski definition) is 3. The summed E-state index contributed by atoms with van der Waals surface area (Å²) in [4.78, 5) is 23.3. The van der Waals surface area contributed by atoms with Crippen molar-refractivity contribution in [2.45, 2.75) is 13.3 Å². The van der Waals surface area contributed by atoms with Crippen LogP contribution >= 0.6 is 0 Å². The summed E-state index contributed by atoms with van der Waals surface area (Å²) in [5.74, 6) is -2.17. The zero-order valence-corrected chi connectivity index (χ0v) is 6.48. The maximum Gasteiger partial charge on any atom is 0.417 e. The number of carboxylic acids is 1. The van der Waals surface area contributed by atoms with Crippen LogP contribution in [0.3, 0.4) is 0 Å². The van der Waals surface area contributed by atoms with Crippen LogP contribution in [0.15, 0.2) is 0 Å². The van der Waals surface area contributed by atoms with Crippen molar-refractivity contribution in [1.29, 1.82) is 0 Å². The second kappa shape index (κ2) is 5.03. The molecule has 0 aliphatic rings. The summed E-state index contributed by atoms with van der Waals surface area (Å²) in [6, 6.07) is 0. The van der Waals surface area contributed by atoms with E-state index in [2.05, 4.69) is 9.53 Å². The number of carbonyl (C=O) groups is 2. The van der Waals surface area contributed by atoms with E-state index in [1.54, 1.807) is 6.92 Å². The number of ether oxygens (including phenoxy) is 1. The van der Waals surface area contributed by atoms with Crippen molar-refractivity contribution < 1.29 is 24.2 Å². The van der Waals surface area contributed by atoms with Crippen LogP contribution in [0.4, 0.5) is 0 Å². The van der Waals surface area contributed by atoms with E-state index in [9.17, 15) is 9.59 Å². The fraction of sp³-hybridized carbons (Fsp3) is 0.500. The molecule has 6 heteroatoms. The fourth-order valence-electron chi connectivity index (χ4n) is 0.506. The fourth-order valence-corrected chi connectivity index (χ4v) is 0.506. The van der Waals surface area contributed by atoms with Gasteiger partial charge in [-0.3, -0.25) is 4.79 Å². The van der Waals surface area contributed by atoms with E-state index < -0.39 is 24.1 Å². The van der Waals surface area contributed by atoms with Gasteiger partial charge >= 0.3 is 17.7 Å². The highest BCUT2D eigenvalue weighted by molar-refractivity contribution is 6.36. The number of aliphatic carboxylic acids is 1. The zero-order chi connectivity index (χ0) is 9.56. The molecular formula is C6H8N2O4. The Hall–Kier alpha value is -1.68. The van der Waals surface area contributed by atoms with Gasteiger partial charge in [0.05, 0.1) is 6.61 Å². The molecular weight excluding hydrogens is 164 g/mol. The van der Waals surface area contributed by atoms with Crippen molar-refractivity contribution >= 4 is 17.7 Å². The average Bonchev–Trinajstić information content (AvgIpc) is 2.00. The first kappa shape index (κ1) is 10.3. The van der Waals surface area contributed by atoms with E-state index in [0.717, 1.165) is 0 Å². The van der Waals surface area contributed by atoms with E-state index in [-0.39, 0.29) is 6.61 Å². The zero-order valence-electron chi connectivity index (χ0n) is 6.48. The van der Waals surface area contributed by atoms with Crippen LogP contribution in [0, 0.1) is 0 Å². The lowest BCUT2D eigenvalue weighted by molar-refractivity contribution is -0.143. The molecule has 1 N–H and O–H groups in total.